The molecule has 47 heavy (non-hydrogen) atoms. The van der Waals surface area contributed by atoms with E-state index in [-0.39, 0.29) is 63.0 Å². The fraction of sp³-hybridized carbons (Fsp3) is 0.471. The van der Waals surface area contributed by atoms with E-state index in [1.165, 1.54) is 24.3 Å². The van der Waals surface area contributed by atoms with Crippen LogP contribution in [0.1, 0.15) is 38.5 Å². The Morgan fingerprint density at radius 3 is 1.79 bits per heavy atom. The highest BCUT2D eigenvalue weighted by molar-refractivity contribution is 7.85. The number of fused-ring (bicyclic) bond motifs is 1. The van der Waals surface area contributed by atoms with Gasteiger partial charge in [-0.25, -0.2) is 8.78 Å². The van der Waals surface area contributed by atoms with Crippen molar-refractivity contribution in [2.24, 2.45) is 11.8 Å². The maximum Gasteiger partial charge on any atom is 0.264 e. The van der Waals surface area contributed by atoms with Gasteiger partial charge in [-0.3, -0.25) is 4.18 Å². The normalized spacial score (nSPS) is 24.4. The molecule has 4 atom stereocenters. The molecule has 3 aliphatic rings. The van der Waals surface area contributed by atoms with Crippen LogP contribution in [0.15, 0.2) is 66.7 Å². The van der Waals surface area contributed by atoms with E-state index in [4.69, 9.17) is 21.1 Å². The van der Waals surface area contributed by atoms with Crippen LogP contribution in [0.3, 0.4) is 0 Å². The highest BCUT2D eigenvalue weighted by atomic mass is 32.2. The lowest BCUT2D eigenvalue weighted by atomic mass is 9.81. The van der Waals surface area contributed by atoms with Gasteiger partial charge in [0.2, 0.25) is 6.75 Å². The molecular formula is C34H46F2N2O6S3. The summed E-state index contributed by atoms with van der Waals surface area (Å²) in [6, 6.07) is 18.3. The molecule has 260 valence electrons. The van der Waals surface area contributed by atoms with E-state index in [2.05, 4.69) is 16.8 Å². The van der Waals surface area contributed by atoms with Gasteiger partial charge in [-0.1, -0.05) is 24.3 Å². The summed E-state index contributed by atoms with van der Waals surface area (Å²) in [6.45, 7) is 2.16. The van der Waals surface area contributed by atoms with E-state index in [1.54, 1.807) is 30.3 Å². The second-order valence-corrected chi connectivity index (χ2v) is 13.8. The number of piperidine rings is 2. The predicted molar refractivity (Wildman–Crippen MR) is 189 cm³/mol. The Morgan fingerprint density at radius 2 is 1.28 bits per heavy atom. The molecule has 0 amide bonds. The SMILES string of the molecule is CN1CC[C@@H](c2ccc(F)cc2)C(COS(C)(=O)=O)C1.S.S.[2H]C1([2H])Oc2ccc(OCC3CN(C)CC[C@H]3c3ccc(F)cc3)cc2O1. The highest BCUT2D eigenvalue weighted by Crippen LogP contribution is 2.37. The van der Waals surface area contributed by atoms with Crippen LogP contribution >= 0.6 is 27.0 Å². The Balaban J connectivity index is 0.000000266. The number of halogens is 2. The highest BCUT2D eigenvalue weighted by Gasteiger charge is 2.31. The van der Waals surface area contributed by atoms with Crippen molar-refractivity contribution >= 4 is 37.1 Å². The summed E-state index contributed by atoms with van der Waals surface area (Å²) in [5, 5.41) is 0. The first-order valence-electron chi connectivity index (χ1n) is 16.1. The van der Waals surface area contributed by atoms with Gasteiger partial charge in [0.05, 0.1) is 19.5 Å². The minimum Gasteiger partial charge on any atom is -0.493 e. The molecule has 2 fully saturated rings. The minimum atomic E-state index is -3.43. The van der Waals surface area contributed by atoms with Crippen LogP contribution in [0.5, 0.6) is 17.2 Å². The zero-order valence-corrected chi connectivity index (χ0v) is 29.6. The topological polar surface area (TPSA) is 77.5 Å². The van der Waals surface area contributed by atoms with Crippen LogP contribution in [-0.2, 0) is 14.3 Å². The fourth-order valence-electron chi connectivity index (χ4n) is 6.33. The van der Waals surface area contributed by atoms with Gasteiger partial charge in [-0.2, -0.15) is 35.4 Å². The van der Waals surface area contributed by atoms with E-state index < -0.39 is 16.9 Å². The molecule has 0 aliphatic carbocycles. The number of benzene rings is 3. The molecule has 3 aromatic carbocycles. The van der Waals surface area contributed by atoms with Crippen molar-refractivity contribution in [1.29, 1.82) is 0 Å². The molecule has 0 bridgehead atoms. The van der Waals surface area contributed by atoms with Crippen molar-refractivity contribution < 1.29 is 38.3 Å². The first kappa shape index (κ1) is 35.7. The van der Waals surface area contributed by atoms with E-state index in [0.29, 0.717) is 29.8 Å². The van der Waals surface area contributed by atoms with E-state index in [1.807, 2.05) is 19.2 Å². The Morgan fingerprint density at radius 1 is 0.787 bits per heavy atom. The molecule has 0 spiro atoms. The van der Waals surface area contributed by atoms with Crippen LogP contribution in [0.4, 0.5) is 8.78 Å². The number of likely N-dealkylation sites (tertiary alicyclic amines) is 2. The third kappa shape index (κ3) is 11.3. The zero-order valence-electron chi connectivity index (χ0n) is 28.8. The molecule has 3 heterocycles. The number of nitrogens with zero attached hydrogens (tertiary/aromatic N) is 2. The van der Waals surface area contributed by atoms with Crippen LogP contribution in [0.2, 0.25) is 0 Å². The second kappa shape index (κ2) is 17.7. The lowest BCUT2D eigenvalue weighted by molar-refractivity contribution is 0.129. The zero-order chi connectivity index (χ0) is 33.8. The van der Waals surface area contributed by atoms with Gasteiger partial charge < -0.3 is 24.0 Å². The molecule has 8 nitrogen and oxygen atoms in total. The van der Waals surface area contributed by atoms with Gasteiger partial charge in [-0.15, -0.1) is 0 Å². The second-order valence-electron chi connectivity index (χ2n) is 12.1. The van der Waals surface area contributed by atoms with Crippen molar-refractivity contribution in [2.75, 3.05) is 66.5 Å². The van der Waals surface area contributed by atoms with Gasteiger partial charge in [0.15, 0.2) is 11.5 Å². The van der Waals surface area contributed by atoms with Crippen molar-refractivity contribution in [3.05, 3.63) is 89.5 Å². The summed E-state index contributed by atoms with van der Waals surface area (Å²) in [6.07, 6.45) is 2.98. The fourth-order valence-corrected chi connectivity index (χ4v) is 6.75. The number of rotatable bonds is 8. The summed E-state index contributed by atoms with van der Waals surface area (Å²) in [5.74, 6) is 1.72. The molecule has 2 saturated heterocycles. The Hall–Kier alpha value is -2.55. The van der Waals surface area contributed by atoms with E-state index in [9.17, 15) is 17.2 Å². The summed E-state index contributed by atoms with van der Waals surface area (Å²) >= 11 is 0. The Labute approximate surface area is 294 Å². The molecule has 0 N–H and O–H groups in total. The standard InChI is InChI=1S/C20H22FNO3.C14H20FNO3S.2H2S/c1-22-9-8-18(14-2-4-16(21)5-3-14)15(11-22)12-23-17-6-7-19-20(10-17)25-13-24-19;1-16-8-7-14(11-3-5-13(15)6-4-11)12(9-16)10-19-20(2,17)18;;/h2-7,10,15,18H,8-9,11-13H2,1H3;3-6,12,14H,7-10H2,1-2H3;2*1H2/t15?,18-;12?,14-;;/m00../s1/i13D2;;;. The lowest BCUT2D eigenvalue weighted by Gasteiger charge is -2.37. The summed E-state index contributed by atoms with van der Waals surface area (Å²) in [5.41, 5.74) is 2.18. The van der Waals surface area contributed by atoms with Crippen molar-refractivity contribution in [3.8, 4) is 17.2 Å². The number of hydrogen-bond acceptors (Lipinski definition) is 8. The van der Waals surface area contributed by atoms with E-state index >= 15 is 0 Å². The van der Waals surface area contributed by atoms with Gasteiger partial charge >= 0.3 is 0 Å². The van der Waals surface area contributed by atoms with Gasteiger partial charge in [0.25, 0.3) is 10.1 Å². The predicted octanol–water partition coefficient (Wildman–Crippen LogP) is 5.73. The average molecular weight is 715 g/mol. The number of hydrogen-bond donors (Lipinski definition) is 0. The first-order valence-corrected chi connectivity index (χ1v) is 16.9. The molecule has 3 aromatic rings. The Bertz CT molecular complexity index is 1610. The van der Waals surface area contributed by atoms with Gasteiger partial charge in [0.1, 0.15) is 20.1 Å². The molecule has 0 saturated carbocycles. The smallest absolute Gasteiger partial charge is 0.264 e. The largest absolute Gasteiger partial charge is 0.493 e. The molecule has 6 rings (SSSR count). The third-order valence-electron chi connectivity index (χ3n) is 8.65. The molecule has 0 radical (unpaired) electrons. The van der Waals surface area contributed by atoms with Gasteiger partial charge in [-0.05, 0) is 99.4 Å². The molecule has 3 aliphatic heterocycles. The molecular weight excluding hydrogens is 667 g/mol. The Kier molecular flexibility index (Phi) is 13.5. The monoisotopic (exact) mass is 714 g/mol. The van der Waals surface area contributed by atoms with Crippen molar-refractivity contribution in [1.82, 2.24) is 9.80 Å². The van der Waals surface area contributed by atoms with E-state index in [0.717, 1.165) is 56.4 Å². The van der Waals surface area contributed by atoms with Gasteiger partial charge in [0, 0.05) is 31.0 Å². The summed E-state index contributed by atoms with van der Waals surface area (Å²) < 4.78 is 84.8. The maximum absolute atomic E-state index is 13.3. The van der Waals surface area contributed by atoms with Crippen LogP contribution in [-0.4, -0.2) is 84.7 Å². The maximum atomic E-state index is 13.3. The summed E-state index contributed by atoms with van der Waals surface area (Å²) in [4.78, 5) is 4.44. The molecule has 0 aromatic heterocycles. The average Bonchev–Trinajstić information content (AvgIpc) is 3.33. The molecule has 13 heteroatoms. The van der Waals surface area contributed by atoms with Crippen LogP contribution in [0.25, 0.3) is 0 Å². The van der Waals surface area contributed by atoms with Crippen molar-refractivity contribution in [3.63, 3.8) is 0 Å². The minimum absolute atomic E-state index is 0. The number of ether oxygens (including phenoxy) is 3. The van der Waals surface area contributed by atoms with Crippen LogP contribution < -0.4 is 14.2 Å². The molecule has 2 unspecified atom stereocenters. The first-order chi connectivity index (χ1) is 22.2. The quantitative estimate of drug-likeness (QED) is 0.274. The lowest BCUT2D eigenvalue weighted by Crippen LogP contribution is -2.39. The third-order valence-corrected chi connectivity index (χ3v) is 9.21. The van der Waals surface area contributed by atoms with Crippen molar-refractivity contribution in [2.45, 2.75) is 24.7 Å². The summed E-state index contributed by atoms with van der Waals surface area (Å²) in [7, 11) is 0.670. The van der Waals surface area contributed by atoms with Crippen LogP contribution in [0, 0.1) is 23.5 Å².